The number of carbonyl (C=O) groups excluding carboxylic acids is 2. The summed E-state index contributed by atoms with van der Waals surface area (Å²) < 4.78 is 13.0. The van der Waals surface area contributed by atoms with E-state index in [1.807, 2.05) is 6.92 Å². The van der Waals surface area contributed by atoms with Crippen LogP contribution in [0.15, 0.2) is 24.3 Å². The van der Waals surface area contributed by atoms with E-state index in [1.54, 1.807) is 0 Å². The van der Waals surface area contributed by atoms with Crippen LogP contribution in [0.2, 0.25) is 0 Å². The Kier molecular flexibility index (Phi) is 7.29. The number of hydrogen-bond acceptors (Lipinski definition) is 6. The summed E-state index contributed by atoms with van der Waals surface area (Å²) >= 11 is 1.45. The normalized spacial score (nSPS) is 17.6. The molecule has 1 saturated heterocycles. The van der Waals surface area contributed by atoms with Gasteiger partial charge in [0, 0.05) is 29.6 Å². The number of piperidine rings is 1. The Labute approximate surface area is 172 Å². The van der Waals surface area contributed by atoms with Crippen molar-refractivity contribution in [3.63, 3.8) is 0 Å². The molecule has 9 heteroatoms. The number of aliphatic hydroxyl groups is 1. The monoisotopic (exact) mass is 420 g/mol. The number of nitrogens with zero attached hydrogens (tertiary/aromatic N) is 1. The summed E-state index contributed by atoms with van der Waals surface area (Å²) in [7, 11) is 0. The molecular weight excluding hydrogens is 395 g/mol. The van der Waals surface area contributed by atoms with Crippen LogP contribution in [0.25, 0.3) is 0 Å². The fourth-order valence-corrected chi connectivity index (χ4v) is 4.51. The maximum atomic E-state index is 13.0. The Morgan fingerprint density at radius 3 is 2.72 bits per heavy atom. The lowest BCUT2D eigenvalue weighted by Crippen LogP contribution is -2.48. The Balaban J connectivity index is 1.75. The van der Waals surface area contributed by atoms with Crippen molar-refractivity contribution in [1.29, 1.82) is 0 Å². The van der Waals surface area contributed by atoms with E-state index < -0.39 is 23.7 Å². The van der Waals surface area contributed by atoms with Crippen LogP contribution < -0.4 is 16.0 Å². The van der Waals surface area contributed by atoms with E-state index >= 15 is 0 Å². The molecule has 2 atom stereocenters. The first-order valence-electron chi connectivity index (χ1n) is 9.66. The van der Waals surface area contributed by atoms with Crippen LogP contribution in [0.4, 0.5) is 10.1 Å². The van der Waals surface area contributed by atoms with E-state index in [9.17, 15) is 19.1 Å². The minimum absolute atomic E-state index is 0.0288. The number of amides is 2. The molecule has 1 aliphatic rings. The number of benzene rings is 1. The zero-order chi connectivity index (χ0) is 20.8. The number of nitrogens with one attached hydrogen (secondary N) is 3. The van der Waals surface area contributed by atoms with Crippen LogP contribution in [-0.2, 0) is 16.0 Å². The number of aryl methyl sites for hydroxylation is 1. The van der Waals surface area contributed by atoms with Crippen LogP contribution in [0.3, 0.4) is 0 Å². The predicted octanol–water partition coefficient (Wildman–Crippen LogP) is 2.06. The molecule has 2 aromatic rings. The molecular formula is C20H25FN4O3S. The molecule has 0 saturated carbocycles. The maximum Gasteiger partial charge on any atom is 0.313 e. The second kappa shape index (κ2) is 9.91. The molecule has 4 N–H and O–H groups in total. The number of aliphatic hydroxyl groups excluding tert-OH is 1. The molecule has 1 fully saturated rings. The summed E-state index contributed by atoms with van der Waals surface area (Å²) in [6.07, 6.45) is 3.46. The highest BCUT2D eigenvalue weighted by atomic mass is 32.1. The SMILES string of the molecule is Cc1nc(C(NC(=O)C(=O)Nc2ccc(F)cc2)C2CCCCN2)sc1CCO. The van der Waals surface area contributed by atoms with E-state index in [0.717, 1.165) is 36.4 Å². The summed E-state index contributed by atoms with van der Waals surface area (Å²) in [6, 6.07) is 4.74. The minimum Gasteiger partial charge on any atom is -0.396 e. The molecule has 0 bridgehead atoms. The molecule has 0 radical (unpaired) electrons. The number of anilines is 1. The van der Waals surface area contributed by atoms with Crippen molar-refractivity contribution in [1.82, 2.24) is 15.6 Å². The molecule has 1 aromatic heterocycles. The Morgan fingerprint density at radius 1 is 1.31 bits per heavy atom. The average molecular weight is 421 g/mol. The summed E-state index contributed by atoms with van der Waals surface area (Å²) in [4.78, 5) is 30.5. The van der Waals surface area contributed by atoms with Gasteiger partial charge < -0.3 is 21.1 Å². The van der Waals surface area contributed by atoms with Crippen LogP contribution in [0.5, 0.6) is 0 Å². The van der Waals surface area contributed by atoms with Gasteiger partial charge in [0.05, 0.1) is 11.7 Å². The van der Waals surface area contributed by atoms with E-state index in [1.165, 1.54) is 35.6 Å². The third-order valence-corrected chi connectivity index (χ3v) is 6.16. The minimum atomic E-state index is -0.818. The summed E-state index contributed by atoms with van der Waals surface area (Å²) in [5.41, 5.74) is 1.17. The molecule has 156 valence electrons. The summed E-state index contributed by atoms with van der Waals surface area (Å²) in [6.45, 7) is 2.74. The van der Waals surface area contributed by atoms with E-state index in [4.69, 9.17) is 0 Å². The Bertz CT molecular complexity index is 850. The first kappa shape index (κ1) is 21.4. The first-order chi connectivity index (χ1) is 14.0. The first-order valence-corrected chi connectivity index (χ1v) is 10.5. The van der Waals surface area contributed by atoms with Gasteiger partial charge in [-0.25, -0.2) is 9.37 Å². The molecule has 2 heterocycles. The fourth-order valence-electron chi connectivity index (χ4n) is 3.34. The summed E-state index contributed by atoms with van der Waals surface area (Å²) in [5.74, 6) is -2.02. The van der Waals surface area contributed by atoms with Crippen molar-refractivity contribution in [3.8, 4) is 0 Å². The molecule has 29 heavy (non-hydrogen) atoms. The average Bonchev–Trinajstić information content (AvgIpc) is 3.08. The van der Waals surface area contributed by atoms with E-state index in [-0.39, 0.29) is 12.6 Å². The maximum absolute atomic E-state index is 13.0. The summed E-state index contributed by atoms with van der Waals surface area (Å²) in [5, 5.41) is 18.7. The number of aromatic nitrogens is 1. The van der Waals surface area contributed by atoms with Crippen LogP contribution in [0, 0.1) is 12.7 Å². The molecule has 7 nitrogen and oxygen atoms in total. The van der Waals surface area contributed by atoms with Crippen LogP contribution in [0.1, 0.15) is 40.9 Å². The number of halogens is 1. The smallest absolute Gasteiger partial charge is 0.313 e. The standard InChI is InChI=1S/C20H25FN4O3S/c1-12-16(9-11-26)29-20(23-12)17(15-4-2-3-10-22-15)25-19(28)18(27)24-14-7-5-13(21)6-8-14/h5-8,15,17,22,26H,2-4,9-11H2,1H3,(H,24,27)(H,25,28). The van der Waals surface area contributed by atoms with Gasteiger partial charge in [-0.05, 0) is 50.6 Å². The lowest BCUT2D eigenvalue weighted by molar-refractivity contribution is -0.136. The molecule has 3 rings (SSSR count). The van der Waals surface area contributed by atoms with Crippen molar-refractivity contribution in [2.24, 2.45) is 0 Å². The van der Waals surface area contributed by atoms with Crippen molar-refractivity contribution in [2.75, 3.05) is 18.5 Å². The van der Waals surface area contributed by atoms with Gasteiger partial charge in [-0.2, -0.15) is 0 Å². The molecule has 2 unspecified atom stereocenters. The molecule has 1 aliphatic heterocycles. The molecule has 1 aromatic carbocycles. The number of thiazole rings is 1. The molecule has 0 aliphatic carbocycles. The van der Waals surface area contributed by atoms with Crippen molar-refractivity contribution < 1.29 is 19.1 Å². The van der Waals surface area contributed by atoms with Gasteiger partial charge in [0.1, 0.15) is 10.8 Å². The van der Waals surface area contributed by atoms with Gasteiger partial charge >= 0.3 is 11.8 Å². The Morgan fingerprint density at radius 2 is 2.07 bits per heavy atom. The van der Waals surface area contributed by atoms with Crippen molar-refractivity contribution in [2.45, 2.75) is 44.7 Å². The second-order valence-electron chi connectivity index (χ2n) is 7.00. The third kappa shape index (κ3) is 5.59. The van der Waals surface area contributed by atoms with Crippen LogP contribution >= 0.6 is 11.3 Å². The van der Waals surface area contributed by atoms with Gasteiger partial charge in [0.15, 0.2) is 0 Å². The number of hydrogen-bond donors (Lipinski definition) is 4. The highest BCUT2D eigenvalue weighted by molar-refractivity contribution is 7.11. The topological polar surface area (TPSA) is 103 Å². The molecule has 0 spiro atoms. The number of rotatable bonds is 6. The fraction of sp³-hybridized carbons (Fsp3) is 0.450. The predicted molar refractivity (Wildman–Crippen MR) is 109 cm³/mol. The lowest BCUT2D eigenvalue weighted by Gasteiger charge is -2.30. The Hall–Kier alpha value is -2.36. The van der Waals surface area contributed by atoms with Gasteiger partial charge in [-0.3, -0.25) is 9.59 Å². The largest absolute Gasteiger partial charge is 0.396 e. The number of carbonyl (C=O) groups is 2. The highest BCUT2D eigenvalue weighted by Crippen LogP contribution is 2.29. The van der Waals surface area contributed by atoms with Gasteiger partial charge in [0.25, 0.3) is 0 Å². The quantitative estimate of drug-likeness (QED) is 0.536. The second-order valence-corrected chi connectivity index (χ2v) is 8.12. The zero-order valence-corrected chi connectivity index (χ0v) is 17.0. The van der Waals surface area contributed by atoms with Crippen molar-refractivity contribution >= 4 is 28.8 Å². The lowest BCUT2D eigenvalue weighted by atomic mass is 9.98. The van der Waals surface area contributed by atoms with Gasteiger partial charge in [-0.1, -0.05) is 6.42 Å². The van der Waals surface area contributed by atoms with E-state index in [2.05, 4.69) is 20.9 Å². The van der Waals surface area contributed by atoms with Crippen molar-refractivity contribution in [3.05, 3.63) is 45.7 Å². The molecule has 2 amide bonds. The van der Waals surface area contributed by atoms with E-state index in [0.29, 0.717) is 17.1 Å². The zero-order valence-electron chi connectivity index (χ0n) is 16.2. The van der Waals surface area contributed by atoms with Gasteiger partial charge in [0.2, 0.25) is 0 Å². The van der Waals surface area contributed by atoms with Gasteiger partial charge in [-0.15, -0.1) is 11.3 Å². The third-order valence-electron chi connectivity index (χ3n) is 4.86. The van der Waals surface area contributed by atoms with Crippen LogP contribution in [-0.4, -0.2) is 41.1 Å². The highest BCUT2D eigenvalue weighted by Gasteiger charge is 2.31.